The zero-order valence-corrected chi connectivity index (χ0v) is 16.6. The van der Waals surface area contributed by atoms with Gasteiger partial charge in [-0.25, -0.2) is 4.39 Å². The van der Waals surface area contributed by atoms with Crippen molar-refractivity contribution in [2.45, 2.75) is 26.3 Å². The van der Waals surface area contributed by atoms with Crippen LogP contribution in [0.25, 0.3) is 0 Å². The van der Waals surface area contributed by atoms with Crippen LogP contribution in [0.2, 0.25) is 0 Å². The summed E-state index contributed by atoms with van der Waals surface area (Å²) in [6.07, 6.45) is 6.11. The summed E-state index contributed by atoms with van der Waals surface area (Å²) in [5.41, 5.74) is 2.66. The van der Waals surface area contributed by atoms with Gasteiger partial charge >= 0.3 is 0 Å². The van der Waals surface area contributed by atoms with E-state index in [4.69, 9.17) is 0 Å². The lowest BCUT2D eigenvalue weighted by Crippen LogP contribution is -2.33. The number of aryl methyl sites for hydroxylation is 2. The zero-order valence-electron chi connectivity index (χ0n) is 16.6. The maximum absolute atomic E-state index is 14.1. The predicted molar refractivity (Wildman–Crippen MR) is 110 cm³/mol. The Labute approximate surface area is 173 Å². The molecule has 154 valence electrons. The zero-order chi connectivity index (χ0) is 21.1. The van der Waals surface area contributed by atoms with Crippen molar-refractivity contribution >= 4 is 17.5 Å². The topological polar surface area (TPSA) is 88.9 Å². The SMILES string of the molecule is Cc1ccc(NC(=O)c2cnn3c2C[C@H](CNC(=O)c2cccnc2)CC3)c(F)c1. The fourth-order valence-electron chi connectivity index (χ4n) is 3.61. The standard InChI is InChI=1S/C22H22FN5O2/c1-14-4-5-19(18(23)9-14)27-22(30)17-13-26-28-8-6-15(10-20(17)28)11-25-21(29)16-3-2-7-24-12-16/h2-5,7,9,12-13,15H,6,8,10-11H2,1H3,(H,25,29)(H,27,30)/t15-/m1/s1. The summed E-state index contributed by atoms with van der Waals surface area (Å²) >= 11 is 0. The average molecular weight is 407 g/mol. The molecular formula is C22H22FN5O2. The van der Waals surface area contributed by atoms with E-state index in [2.05, 4.69) is 20.7 Å². The number of amides is 2. The second kappa shape index (κ2) is 8.44. The van der Waals surface area contributed by atoms with Crippen LogP contribution in [-0.2, 0) is 13.0 Å². The van der Waals surface area contributed by atoms with E-state index in [-0.39, 0.29) is 23.4 Å². The van der Waals surface area contributed by atoms with Gasteiger partial charge in [0.25, 0.3) is 11.8 Å². The van der Waals surface area contributed by atoms with E-state index in [1.54, 1.807) is 42.1 Å². The Morgan fingerprint density at radius 3 is 2.87 bits per heavy atom. The maximum atomic E-state index is 14.1. The van der Waals surface area contributed by atoms with Crippen LogP contribution < -0.4 is 10.6 Å². The van der Waals surface area contributed by atoms with Crippen molar-refractivity contribution in [2.24, 2.45) is 5.92 Å². The first-order chi connectivity index (χ1) is 14.5. The minimum Gasteiger partial charge on any atom is -0.352 e. The smallest absolute Gasteiger partial charge is 0.259 e. The van der Waals surface area contributed by atoms with Crippen LogP contribution in [0.4, 0.5) is 10.1 Å². The Bertz CT molecular complexity index is 1080. The summed E-state index contributed by atoms with van der Waals surface area (Å²) in [4.78, 5) is 28.9. The Balaban J connectivity index is 1.42. The lowest BCUT2D eigenvalue weighted by molar-refractivity contribution is 0.0942. The Morgan fingerprint density at radius 1 is 1.23 bits per heavy atom. The van der Waals surface area contributed by atoms with Gasteiger partial charge in [-0.05, 0) is 55.5 Å². The molecule has 1 atom stereocenters. The molecule has 1 aromatic carbocycles. The molecule has 7 nitrogen and oxygen atoms in total. The molecule has 3 aromatic rings. The van der Waals surface area contributed by atoms with E-state index < -0.39 is 5.82 Å². The third-order valence-electron chi connectivity index (χ3n) is 5.27. The number of hydrogen-bond acceptors (Lipinski definition) is 4. The number of anilines is 1. The monoisotopic (exact) mass is 407 g/mol. The second-order valence-electron chi connectivity index (χ2n) is 7.48. The molecule has 30 heavy (non-hydrogen) atoms. The third kappa shape index (κ3) is 4.22. The fraction of sp³-hybridized carbons (Fsp3) is 0.273. The van der Waals surface area contributed by atoms with Gasteiger partial charge in [-0.1, -0.05) is 6.07 Å². The number of nitrogens with zero attached hydrogens (tertiary/aromatic N) is 3. The van der Waals surface area contributed by atoms with Crippen LogP contribution in [0.5, 0.6) is 0 Å². The van der Waals surface area contributed by atoms with Crippen molar-refractivity contribution in [3.63, 3.8) is 0 Å². The van der Waals surface area contributed by atoms with E-state index >= 15 is 0 Å². The highest BCUT2D eigenvalue weighted by Gasteiger charge is 2.26. The molecule has 2 N–H and O–H groups in total. The number of halogens is 1. The molecule has 0 bridgehead atoms. The molecule has 1 aliphatic rings. The van der Waals surface area contributed by atoms with Gasteiger partial charge in [-0.3, -0.25) is 19.3 Å². The molecule has 0 fully saturated rings. The number of pyridine rings is 1. The summed E-state index contributed by atoms with van der Waals surface area (Å²) in [6.45, 7) is 2.94. The van der Waals surface area contributed by atoms with Crippen molar-refractivity contribution in [3.05, 3.63) is 77.1 Å². The Hall–Kier alpha value is -3.55. The summed E-state index contributed by atoms with van der Waals surface area (Å²) in [5, 5.41) is 9.87. The van der Waals surface area contributed by atoms with Crippen molar-refractivity contribution in [2.75, 3.05) is 11.9 Å². The molecule has 8 heteroatoms. The normalized spacial score (nSPS) is 15.3. The molecule has 0 saturated heterocycles. The summed E-state index contributed by atoms with van der Waals surface area (Å²) in [6, 6.07) is 8.10. The lowest BCUT2D eigenvalue weighted by Gasteiger charge is -2.24. The van der Waals surface area contributed by atoms with Crippen LogP contribution in [0.1, 0.15) is 38.4 Å². The molecule has 4 rings (SSSR count). The number of carbonyl (C=O) groups excluding carboxylic acids is 2. The molecule has 0 radical (unpaired) electrons. The number of carbonyl (C=O) groups is 2. The molecule has 0 unspecified atom stereocenters. The van der Waals surface area contributed by atoms with E-state index in [0.717, 1.165) is 17.7 Å². The largest absolute Gasteiger partial charge is 0.352 e. The van der Waals surface area contributed by atoms with Crippen molar-refractivity contribution in [1.29, 1.82) is 0 Å². The second-order valence-corrected chi connectivity index (χ2v) is 7.48. The van der Waals surface area contributed by atoms with Crippen LogP contribution in [0.3, 0.4) is 0 Å². The predicted octanol–water partition coefficient (Wildman–Crippen LogP) is 2.97. The fourth-order valence-corrected chi connectivity index (χ4v) is 3.61. The highest BCUT2D eigenvalue weighted by molar-refractivity contribution is 6.05. The quantitative estimate of drug-likeness (QED) is 0.681. The number of rotatable bonds is 5. The van der Waals surface area contributed by atoms with Crippen molar-refractivity contribution < 1.29 is 14.0 Å². The van der Waals surface area contributed by atoms with E-state index in [1.165, 1.54) is 18.5 Å². The Morgan fingerprint density at radius 2 is 2.10 bits per heavy atom. The molecule has 0 spiro atoms. The summed E-state index contributed by atoms with van der Waals surface area (Å²) in [7, 11) is 0. The highest BCUT2D eigenvalue weighted by Crippen LogP contribution is 2.24. The number of nitrogens with one attached hydrogen (secondary N) is 2. The first-order valence-electron chi connectivity index (χ1n) is 9.81. The Kier molecular flexibility index (Phi) is 5.56. The highest BCUT2D eigenvalue weighted by atomic mass is 19.1. The third-order valence-corrected chi connectivity index (χ3v) is 5.27. The number of hydrogen-bond donors (Lipinski definition) is 2. The molecule has 0 saturated carbocycles. The van der Waals surface area contributed by atoms with Crippen LogP contribution in [0, 0.1) is 18.7 Å². The van der Waals surface area contributed by atoms with E-state index in [1.807, 2.05) is 0 Å². The molecule has 0 aliphatic carbocycles. The number of benzene rings is 1. The summed E-state index contributed by atoms with van der Waals surface area (Å²) in [5.74, 6) is -0.855. The van der Waals surface area contributed by atoms with Crippen LogP contribution >= 0.6 is 0 Å². The average Bonchev–Trinajstić information content (AvgIpc) is 3.18. The van der Waals surface area contributed by atoms with Crippen LogP contribution in [0.15, 0.2) is 48.9 Å². The number of fused-ring (bicyclic) bond motifs is 1. The molecule has 3 heterocycles. The summed E-state index contributed by atoms with van der Waals surface area (Å²) < 4.78 is 15.9. The van der Waals surface area contributed by atoms with Crippen LogP contribution in [-0.4, -0.2) is 33.1 Å². The molecule has 1 aliphatic heterocycles. The van der Waals surface area contributed by atoms with E-state index in [0.29, 0.717) is 30.6 Å². The van der Waals surface area contributed by atoms with Gasteiger partial charge in [0, 0.05) is 25.5 Å². The van der Waals surface area contributed by atoms with Gasteiger partial charge in [0.15, 0.2) is 0 Å². The molecule has 2 aromatic heterocycles. The first-order valence-corrected chi connectivity index (χ1v) is 9.81. The van der Waals surface area contributed by atoms with Gasteiger partial charge in [0.1, 0.15) is 5.82 Å². The minimum atomic E-state index is -0.472. The van der Waals surface area contributed by atoms with E-state index in [9.17, 15) is 14.0 Å². The maximum Gasteiger partial charge on any atom is 0.259 e. The van der Waals surface area contributed by atoms with Gasteiger partial charge in [-0.2, -0.15) is 5.10 Å². The number of aromatic nitrogens is 3. The van der Waals surface area contributed by atoms with Gasteiger partial charge < -0.3 is 10.6 Å². The molecule has 2 amide bonds. The minimum absolute atomic E-state index is 0.140. The first kappa shape index (κ1) is 19.8. The van der Waals surface area contributed by atoms with Gasteiger partial charge in [-0.15, -0.1) is 0 Å². The van der Waals surface area contributed by atoms with Crippen molar-refractivity contribution in [1.82, 2.24) is 20.1 Å². The molecular weight excluding hydrogens is 385 g/mol. The van der Waals surface area contributed by atoms with Crippen molar-refractivity contribution in [3.8, 4) is 0 Å². The lowest BCUT2D eigenvalue weighted by atomic mass is 9.94. The van der Waals surface area contributed by atoms with Gasteiger partial charge in [0.05, 0.1) is 28.7 Å². The van der Waals surface area contributed by atoms with Gasteiger partial charge in [0.2, 0.25) is 0 Å².